The number of nitrogens with zero attached hydrogens (tertiary/aromatic N) is 2. The summed E-state index contributed by atoms with van der Waals surface area (Å²) in [5, 5.41) is 2.63. The lowest BCUT2D eigenvalue weighted by molar-refractivity contribution is -0.120. The Balaban J connectivity index is 0.00000180. The number of rotatable bonds is 5. The van der Waals surface area contributed by atoms with Crippen LogP contribution in [0.4, 0.5) is 0 Å². The third kappa shape index (κ3) is 4.10. The number of para-hydroxylation sites is 2. The van der Waals surface area contributed by atoms with Crippen molar-refractivity contribution >= 4 is 41.8 Å². The van der Waals surface area contributed by atoms with Crippen molar-refractivity contribution in [2.24, 2.45) is 5.73 Å². The highest BCUT2D eigenvalue weighted by Crippen LogP contribution is 2.16. The molecule has 2 aromatic rings. The Hall–Kier alpha value is -1.30. The van der Waals surface area contributed by atoms with Gasteiger partial charge in [-0.05, 0) is 18.7 Å². The predicted molar refractivity (Wildman–Crippen MR) is 85.7 cm³/mol. The van der Waals surface area contributed by atoms with Gasteiger partial charge in [0.25, 0.3) is 0 Å². The largest absolute Gasteiger partial charge is 0.359 e. The fourth-order valence-electron chi connectivity index (χ4n) is 2.03. The van der Waals surface area contributed by atoms with Crippen molar-refractivity contribution in [2.45, 2.75) is 19.4 Å². The number of imidazole rings is 1. The standard InChI is InChI=1S/C13H18N4O.2ClH/c1-15-13(18)7-9-17-11-5-3-2-4-10(11)16-12(17)6-8-14;;/h2-5H,6-9,14H2,1H3,(H,15,18);2*1H. The van der Waals surface area contributed by atoms with Crippen molar-refractivity contribution in [3.05, 3.63) is 30.1 Å². The van der Waals surface area contributed by atoms with Crippen LogP contribution in [0.1, 0.15) is 12.2 Å². The van der Waals surface area contributed by atoms with Crippen molar-refractivity contribution in [1.82, 2.24) is 14.9 Å². The van der Waals surface area contributed by atoms with Crippen molar-refractivity contribution in [2.75, 3.05) is 13.6 Å². The molecule has 0 unspecified atom stereocenters. The Labute approximate surface area is 130 Å². The molecule has 0 aliphatic heterocycles. The van der Waals surface area contributed by atoms with Crippen LogP contribution < -0.4 is 11.1 Å². The quantitative estimate of drug-likeness (QED) is 0.877. The molecule has 0 spiro atoms. The zero-order valence-electron chi connectivity index (χ0n) is 11.3. The molecule has 1 amide bonds. The third-order valence-corrected chi connectivity index (χ3v) is 2.94. The molecule has 2 rings (SSSR count). The second-order valence-corrected chi connectivity index (χ2v) is 4.13. The lowest BCUT2D eigenvalue weighted by atomic mass is 10.3. The van der Waals surface area contributed by atoms with Crippen LogP contribution in [0.15, 0.2) is 24.3 Å². The number of nitrogens with one attached hydrogen (secondary N) is 1. The van der Waals surface area contributed by atoms with Crippen LogP contribution in [0.5, 0.6) is 0 Å². The first kappa shape index (κ1) is 18.7. The van der Waals surface area contributed by atoms with Gasteiger partial charge in [-0.2, -0.15) is 0 Å². The molecule has 0 saturated heterocycles. The minimum atomic E-state index is 0. The summed E-state index contributed by atoms with van der Waals surface area (Å²) < 4.78 is 2.08. The maximum atomic E-state index is 11.3. The van der Waals surface area contributed by atoms with Gasteiger partial charge in [-0.25, -0.2) is 4.98 Å². The first-order chi connectivity index (χ1) is 8.76. The second-order valence-electron chi connectivity index (χ2n) is 4.13. The van der Waals surface area contributed by atoms with Crippen LogP contribution in [-0.2, 0) is 17.8 Å². The zero-order valence-corrected chi connectivity index (χ0v) is 13.0. The number of hydrogen-bond acceptors (Lipinski definition) is 3. The Bertz CT molecular complexity index is 556. The molecule has 1 aromatic carbocycles. The van der Waals surface area contributed by atoms with Gasteiger partial charge in [0.05, 0.1) is 11.0 Å². The molecule has 20 heavy (non-hydrogen) atoms. The number of nitrogens with two attached hydrogens (primary N) is 1. The number of amides is 1. The van der Waals surface area contributed by atoms with Crippen molar-refractivity contribution in [3.63, 3.8) is 0 Å². The van der Waals surface area contributed by atoms with Gasteiger partial charge in [0.2, 0.25) is 5.91 Å². The number of hydrogen-bond donors (Lipinski definition) is 2. The van der Waals surface area contributed by atoms with Crippen molar-refractivity contribution in [3.8, 4) is 0 Å². The summed E-state index contributed by atoms with van der Waals surface area (Å²) in [4.78, 5) is 15.9. The first-order valence-corrected chi connectivity index (χ1v) is 6.11. The van der Waals surface area contributed by atoms with Gasteiger partial charge in [-0.1, -0.05) is 12.1 Å². The van der Waals surface area contributed by atoms with Crippen LogP contribution in [0.25, 0.3) is 11.0 Å². The highest BCUT2D eigenvalue weighted by Gasteiger charge is 2.10. The van der Waals surface area contributed by atoms with E-state index in [1.807, 2.05) is 24.3 Å². The van der Waals surface area contributed by atoms with Gasteiger partial charge >= 0.3 is 0 Å². The van der Waals surface area contributed by atoms with E-state index in [1.54, 1.807) is 7.05 Å². The maximum Gasteiger partial charge on any atom is 0.221 e. The molecule has 0 bridgehead atoms. The summed E-state index contributed by atoms with van der Waals surface area (Å²) in [6.07, 6.45) is 1.18. The monoisotopic (exact) mass is 318 g/mol. The van der Waals surface area contributed by atoms with Gasteiger partial charge < -0.3 is 15.6 Å². The van der Waals surface area contributed by atoms with Gasteiger partial charge in [0.15, 0.2) is 0 Å². The Morgan fingerprint density at radius 3 is 2.70 bits per heavy atom. The average molecular weight is 319 g/mol. The van der Waals surface area contributed by atoms with Crippen LogP contribution >= 0.6 is 24.8 Å². The molecule has 5 nitrogen and oxygen atoms in total. The maximum absolute atomic E-state index is 11.3. The van der Waals surface area contributed by atoms with E-state index in [1.165, 1.54) is 0 Å². The molecule has 0 atom stereocenters. The van der Waals surface area contributed by atoms with Crippen molar-refractivity contribution < 1.29 is 4.79 Å². The average Bonchev–Trinajstić information content (AvgIpc) is 2.74. The predicted octanol–water partition coefficient (Wildman–Crippen LogP) is 1.52. The number of benzene rings is 1. The third-order valence-electron chi connectivity index (χ3n) is 2.94. The van der Waals surface area contributed by atoms with Crippen LogP contribution in [0.3, 0.4) is 0 Å². The molecule has 7 heteroatoms. The fourth-order valence-corrected chi connectivity index (χ4v) is 2.03. The molecule has 0 aliphatic rings. The van der Waals surface area contributed by atoms with Gasteiger partial charge in [0, 0.05) is 26.4 Å². The summed E-state index contributed by atoms with van der Waals surface area (Å²) in [5.74, 6) is 0.981. The highest BCUT2D eigenvalue weighted by molar-refractivity contribution is 5.85. The number of aromatic nitrogens is 2. The molecule has 0 radical (unpaired) electrons. The molecule has 0 fully saturated rings. The Morgan fingerprint density at radius 1 is 1.35 bits per heavy atom. The summed E-state index contributed by atoms with van der Waals surface area (Å²) in [6.45, 7) is 1.19. The molecular formula is C13H20Cl2N4O. The van der Waals surface area contributed by atoms with E-state index in [2.05, 4.69) is 14.9 Å². The molecule has 0 saturated carbocycles. The SMILES string of the molecule is CNC(=O)CCn1c(CCN)nc2ccccc21.Cl.Cl. The Kier molecular flexibility index (Phi) is 8.22. The lowest BCUT2D eigenvalue weighted by Gasteiger charge is -2.07. The van der Waals surface area contributed by atoms with Crippen molar-refractivity contribution in [1.29, 1.82) is 0 Å². The fraction of sp³-hybridized carbons (Fsp3) is 0.385. The minimum absolute atomic E-state index is 0. The number of carbonyl (C=O) groups excluding carboxylic acids is 1. The van der Waals surface area contributed by atoms with E-state index < -0.39 is 0 Å². The normalized spacial score (nSPS) is 9.70. The molecule has 3 N–H and O–H groups in total. The lowest BCUT2D eigenvalue weighted by Crippen LogP contribution is -2.20. The van der Waals surface area contributed by atoms with Gasteiger partial charge in [0.1, 0.15) is 5.82 Å². The molecule has 112 valence electrons. The molecule has 0 aliphatic carbocycles. The van der Waals surface area contributed by atoms with E-state index in [9.17, 15) is 4.79 Å². The molecule has 1 aromatic heterocycles. The van der Waals surface area contributed by atoms with Gasteiger partial charge in [-0.15, -0.1) is 24.8 Å². The molecular weight excluding hydrogens is 299 g/mol. The number of halogens is 2. The number of aryl methyl sites for hydroxylation is 1. The topological polar surface area (TPSA) is 72.9 Å². The summed E-state index contributed by atoms with van der Waals surface area (Å²) in [6, 6.07) is 7.94. The number of fused-ring (bicyclic) bond motifs is 1. The smallest absolute Gasteiger partial charge is 0.221 e. The summed E-state index contributed by atoms with van der Waals surface area (Å²) in [5.41, 5.74) is 7.62. The van der Waals surface area contributed by atoms with Gasteiger partial charge in [-0.3, -0.25) is 4.79 Å². The second kappa shape index (κ2) is 8.79. The summed E-state index contributed by atoms with van der Waals surface area (Å²) in [7, 11) is 1.65. The van der Waals surface area contributed by atoms with E-state index in [0.717, 1.165) is 23.3 Å². The van der Waals surface area contributed by atoms with Crippen LogP contribution in [0.2, 0.25) is 0 Å². The molecule has 1 heterocycles. The van der Waals surface area contributed by atoms with E-state index in [0.29, 0.717) is 19.5 Å². The highest BCUT2D eigenvalue weighted by atomic mass is 35.5. The van der Waals surface area contributed by atoms with E-state index in [4.69, 9.17) is 5.73 Å². The zero-order chi connectivity index (χ0) is 13.0. The first-order valence-electron chi connectivity index (χ1n) is 6.11. The summed E-state index contributed by atoms with van der Waals surface area (Å²) >= 11 is 0. The Morgan fingerprint density at radius 2 is 2.05 bits per heavy atom. The van der Waals surface area contributed by atoms with Crippen LogP contribution in [-0.4, -0.2) is 29.1 Å². The number of carbonyl (C=O) groups is 1. The van der Waals surface area contributed by atoms with E-state index in [-0.39, 0.29) is 30.7 Å². The van der Waals surface area contributed by atoms with E-state index >= 15 is 0 Å². The van der Waals surface area contributed by atoms with Crippen LogP contribution in [0, 0.1) is 0 Å². The minimum Gasteiger partial charge on any atom is -0.359 e.